The minimum atomic E-state index is -0.901. The predicted octanol–water partition coefficient (Wildman–Crippen LogP) is 5.24. The van der Waals surface area contributed by atoms with Gasteiger partial charge >= 0.3 is 0 Å². The molecule has 3 heterocycles. The average Bonchev–Trinajstić information content (AvgIpc) is 3.61. The van der Waals surface area contributed by atoms with E-state index in [0.717, 1.165) is 43.7 Å². The molecular formula is C35H40N2O4. The first kappa shape index (κ1) is 26.5. The van der Waals surface area contributed by atoms with Crippen LogP contribution in [-0.4, -0.2) is 64.2 Å². The first-order valence-electron chi connectivity index (χ1n) is 15.2. The molecule has 2 bridgehead atoms. The van der Waals surface area contributed by atoms with Crippen molar-refractivity contribution in [2.24, 2.45) is 5.92 Å². The number of carbonyl (C=O) groups is 1. The summed E-state index contributed by atoms with van der Waals surface area (Å²) >= 11 is 0. The maximum Gasteiger partial charge on any atom is 0.246 e. The molecule has 2 aromatic carbocycles. The number of carbonyl (C=O) groups excluding carboxylic acids is 1. The van der Waals surface area contributed by atoms with Gasteiger partial charge in [0, 0.05) is 36.3 Å². The van der Waals surface area contributed by atoms with Crippen LogP contribution >= 0.6 is 0 Å². The van der Waals surface area contributed by atoms with Crippen LogP contribution in [0.25, 0.3) is 6.08 Å². The molecule has 1 spiro atoms. The van der Waals surface area contributed by atoms with Crippen molar-refractivity contribution in [3.05, 3.63) is 95.5 Å². The standard InChI is InChI=1S/C35H40N2O4/c1-24(2)22-37(31(38)12-11-26-15-20-40-23-26)28-13-16-35(39)30-21-27-9-6-10-29-32(27)34(35,33(28)41-29)17-19-36(30)18-14-25-7-4-3-5-8-25/h3-12,15,20,23-24,28,30,33,39H,13-14,16-19,21-22H2,1-2H3/b12-11+/t28-,30+,33-,34-,35+/m0/s1. The van der Waals surface area contributed by atoms with Gasteiger partial charge in [-0.25, -0.2) is 0 Å². The molecule has 1 saturated carbocycles. The Hall–Kier alpha value is -3.35. The summed E-state index contributed by atoms with van der Waals surface area (Å²) in [6.07, 6.45) is 10.5. The van der Waals surface area contributed by atoms with E-state index in [2.05, 4.69) is 67.3 Å². The van der Waals surface area contributed by atoms with E-state index in [-0.39, 0.29) is 24.1 Å². The zero-order valence-corrected chi connectivity index (χ0v) is 24.0. The molecule has 1 saturated heterocycles. The number of likely N-dealkylation sites (tertiary alicyclic amines) is 1. The predicted molar refractivity (Wildman–Crippen MR) is 159 cm³/mol. The molecule has 0 radical (unpaired) electrons. The summed E-state index contributed by atoms with van der Waals surface area (Å²) in [5.74, 6) is 1.19. The zero-order chi connectivity index (χ0) is 28.2. The summed E-state index contributed by atoms with van der Waals surface area (Å²) in [6.45, 7) is 6.79. The van der Waals surface area contributed by atoms with Crippen LogP contribution in [0, 0.1) is 5.92 Å². The molecule has 1 N–H and O–H groups in total. The molecule has 2 aliphatic heterocycles. The van der Waals surface area contributed by atoms with Crippen LogP contribution in [0.1, 0.15) is 55.4 Å². The molecule has 6 heteroatoms. The molecule has 6 nitrogen and oxygen atoms in total. The summed E-state index contributed by atoms with van der Waals surface area (Å²) in [7, 11) is 0. The highest BCUT2D eigenvalue weighted by molar-refractivity contribution is 5.92. The second-order valence-corrected chi connectivity index (χ2v) is 12.8. The lowest BCUT2D eigenvalue weighted by Gasteiger charge is -2.65. The van der Waals surface area contributed by atoms with Gasteiger partial charge in [-0.3, -0.25) is 9.69 Å². The summed E-state index contributed by atoms with van der Waals surface area (Å²) in [4.78, 5) is 18.4. The van der Waals surface area contributed by atoms with Crippen molar-refractivity contribution in [3.8, 4) is 5.75 Å². The molecule has 3 aromatic rings. The van der Waals surface area contributed by atoms with E-state index in [0.29, 0.717) is 25.3 Å². The van der Waals surface area contributed by atoms with E-state index in [4.69, 9.17) is 9.15 Å². The van der Waals surface area contributed by atoms with Crippen molar-refractivity contribution in [1.82, 2.24) is 9.80 Å². The van der Waals surface area contributed by atoms with Gasteiger partial charge in [0.2, 0.25) is 5.91 Å². The van der Waals surface area contributed by atoms with Crippen LogP contribution in [-0.2, 0) is 23.1 Å². The van der Waals surface area contributed by atoms with Crippen LogP contribution in [0.3, 0.4) is 0 Å². The Kier molecular flexibility index (Phi) is 6.59. The van der Waals surface area contributed by atoms with Gasteiger partial charge in [0.05, 0.1) is 29.6 Å². The number of hydrogen-bond acceptors (Lipinski definition) is 5. The van der Waals surface area contributed by atoms with Gasteiger partial charge in [-0.15, -0.1) is 0 Å². The summed E-state index contributed by atoms with van der Waals surface area (Å²) in [5.41, 5.74) is 3.29. The van der Waals surface area contributed by atoms with Gasteiger partial charge in [0.15, 0.2) is 0 Å². The number of furan rings is 1. The van der Waals surface area contributed by atoms with Crippen molar-refractivity contribution in [3.63, 3.8) is 0 Å². The fraction of sp³-hybridized carbons (Fsp3) is 0.457. The Balaban J connectivity index is 1.24. The summed E-state index contributed by atoms with van der Waals surface area (Å²) in [6, 6.07) is 18.8. The lowest BCUT2D eigenvalue weighted by atomic mass is 9.48. The third kappa shape index (κ3) is 4.18. The Labute approximate surface area is 242 Å². The Morgan fingerprint density at radius 1 is 1.15 bits per heavy atom. The van der Waals surface area contributed by atoms with Gasteiger partial charge < -0.3 is 19.2 Å². The van der Waals surface area contributed by atoms with Crippen LogP contribution in [0.4, 0.5) is 0 Å². The van der Waals surface area contributed by atoms with Crippen LogP contribution < -0.4 is 4.74 Å². The first-order chi connectivity index (χ1) is 19.9. The van der Waals surface area contributed by atoms with E-state index in [1.54, 1.807) is 18.6 Å². The molecule has 4 aliphatic rings. The fourth-order valence-electron chi connectivity index (χ4n) is 8.49. The molecular weight excluding hydrogens is 512 g/mol. The Morgan fingerprint density at radius 2 is 2.00 bits per heavy atom. The number of piperidine rings is 1. The lowest BCUT2D eigenvalue weighted by molar-refractivity contribution is -0.201. The van der Waals surface area contributed by atoms with Gasteiger partial charge in [-0.2, -0.15) is 0 Å². The van der Waals surface area contributed by atoms with Crippen LogP contribution in [0.5, 0.6) is 5.75 Å². The highest BCUT2D eigenvalue weighted by Crippen LogP contribution is 2.64. The minimum absolute atomic E-state index is 0.0147. The first-order valence-corrected chi connectivity index (χ1v) is 15.2. The molecule has 2 fully saturated rings. The second kappa shape index (κ2) is 10.2. The van der Waals surface area contributed by atoms with Crippen molar-refractivity contribution in [2.75, 3.05) is 19.6 Å². The van der Waals surface area contributed by atoms with Gasteiger partial charge in [0.1, 0.15) is 11.9 Å². The van der Waals surface area contributed by atoms with E-state index in [1.165, 1.54) is 16.7 Å². The van der Waals surface area contributed by atoms with Crippen molar-refractivity contribution in [2.45, 2.75) is 75.2 Å². The molecule has 41 heavy (non-hydrogen) atoms. The fourth-order valence-corrected chi connectivity index (χ4v) is 8.49. The maximum absolute atomic E-state index is 13.8. The molecule has 5 atom stereocenters. The maximum atomic E-state index is 13.8. The number of amides is 1. The second-order valence-electron chi connectivity index (χ2n) is 12.8. The van der Waals surface area contributed by atoms with Crippen molar-refractivity contribution in [1.29, 1.82) is 0 Å². The number of nitrogens with zero attached hydrogens (tertiary/aromatic N) is 2. The number of hydrogen-bond donors (Lipinski definition) is 1. The number of ether oxygens (including phenoxy) is 1. The largest absolute Gasteiger partial charge is 0.487 e. The summed E-state index contributed by atoms with van der Waals surface area (Å²) < 4.78 is 12.1. The topological polar surface area (TPSA) is 66.2 Å². The van der Waals surface area contributed by atoms with Crippen LogP contribution in [0.2, 0.25) is 0 Å². The minimum Gasteiger partial charge on any atom is -0.487 e. The number of aliphatic hydroxyl groups is 1. The lowest BCUT2D eigenvalue weighted by Crippen LogP contribution is -2.78. The monoisotopic (exact) mass is 552 g/mol. The smallest absolute Gasteiger partial charge is 0.246 e. The SMILES string of the molecule is CC(C)CN(C(=O)/C=C/c1ccoc1)[C@H]1CC[C@@]2(O)[C@H]3Cc4cccc5c4[C@@]2(CCN3CCc2ccccc2)[C@H]1O5. The molecule has 7 rings (SSSR count). The summed E-state index contributed by atoms with van der Waals surface area (Å²) in [5, 5.41) is 12.9. The van der Waals surface area contributed by atoms with E-state index in [9.17, 15) is 9.90 Å². The zero-order valence-electron chi connectivity index (χ0n) is 24.0. The van der Waals surface area contributed by atoms with Gasteiger partial charge in [0.25, 0.3) is 0 Å². The van der Waals surface area contributed by atoms with Crippen molar-refractivity contribution >= 4 is 12.0 Å². The van der Waals surface area contributed by atoms with Gasteiger partial charge in [-0.1, -0.05) is 56.3 Å². The number of benzene rings is 2. The number of rotatable bonds is 8. The Morgan fingerprint density at radius 3 is 2.78 bits per heavy atom. The van der Waals surface area contributed by atoms with E-state index >= 15 is 0 Å². The van der Waals surface area contributed by atoms with Crippen LogP contribution in [0.15, 0.2) is 77.6 Å². The third-order valence-electron chi connectivity index (χ3n) is 10.2. The molecule has 1 amide bonds. The average molecular weight is 553 g/mol. The van der Waals surface area contributed by atoms with E-state index in [1.807, 2.05) is 17.0 Å². The molecule has 214 valence electrons. The highest BCUT2D eigenvalue weighted by Gasteiger charge is 2.73. The molecule has 1 aromatic heterocycles. The van der Waals surface area contributed by atoms with Gasteiger partial charge in [-0.05, 0) is 73.9 Å². The van der Waals surface area contributed by atoms with E-state index < -0.39 is 11.0 Å². The normalized spacial score (nSPS) is 29.9. The third-order valence-corrected chi connectivity index (χ3v) is 10.2. The molecule has 0 unspecified atom stereocenters. The Bertz CT molecular complexity index is 1430. The highest BCUT2D eigenvalue weighted by atomic mass is 16.5. The quantitative estimate of drug-likeness (QED) is 0.387. The van der Waals surface area contributed by atoms with Crippen molar-refractivity contribution < 1.29 is 19.1 Å². The molecule has 2 aliphatic carbocycles.